The summed E-state index contributed by atoms with van der Waals surface area (Å²) in [5.74, 6) is -1.68. The van der Waals surface area contributed by atoms with Crippen molar-refractivity contribution in [3.05, 3.63) is 30.1 Å². The van der Waals surface area contributed by atoms with Crippen LogP contribution in [0.2, 0.25) is 0 Å². The zero-order valence-electron chi connectivity index (χ0n) is 15.1. The molecule has 2 aliphatic heterocycles. The second-order valence-corrected chi connectivity index (χ2v) is 8.77. The SMILES string of the molecule is Cn1c([C@@H]2C(=O)N3[C@@H]2SC(C)(C)[C@]3(CO)C(=O)[O-])nc2ccccc21.[K+]. The monoisotopic (exact) mass is 399 g/mol. The second kappa shape index (κ2) is 6.58. The summed E-state index contributed by atoms with van der Waals surface area (Å²) in [6.45, 7) is 2.77. The minimum Gasteiger partial charge on any atom is -0.547 e. The number of aliphatic hydroxyl groups excluding tert-OH is 1. The molecule has 1 N–H and O–H groups in total. The molecule has 1 amide bonds. The van der Waals surface area contributed by atoms with Gasteiger partial charge in [0.2, 0.25) is 5.91 Å². The fourth-order valence-electron chi connectivity index (χ4n) is 4.04. The quantitative estimate of drug-likeness (QED) is 0.432. The Hall–Kier alpha value is -0.424. The zero-order valence-corrected chi connectivity index (χ0v) is 19.0. The van der Waals surface area contributed by atoms with E-state index in [0.717, 1.165) is 11.0 Å². The maximum Gasteiger partial charge on any atom is 1.00 e. The molecule has 7 nitrogen and oxygen atoms in total. The van der Waals surface area contributed by atoms with Crippen LogP contribution >= 0.6 is 11.8 Å². The number of β-lactam (4-membered cyclic amide) rings is 1. The number of carboxylic acid groups (broad SMARTS) is 1. The van der Waals surface area contributed by atoms with Crippen molar-refractivity contribution in [3.63, 3.8) is 0 Å². The molecule has 4 rings (SSSR count). The van der Waals surface area contributed by atoms with Gasteiger partial charge in [-0.3, -0.25) is 4.79 Å². The molecule has 1 aromatic heterocycles. The van der Waals surface area contributed by atoms with Gasteiger partial charge in [-0.15, -0.1) is 11.8 Å². The van der Waals surface area contributed by atoms with Gasteiger partial charge in [0.1, 0.15) is 17.3 Å². The number of amides is 1. The number of aliphatic hydroxyl groups is 1. The number of carbonyl (C=O) groups is 2. The van der Waals surface area contributed by atoms with Gasteiger partial charge in [0, 0.05) is 11.8 Å². The first-order valence-electron chi connectivity index (χ1n) is 8.01. The van der Waals surface area contributed by atoms with Crippen LogP contribution in [0, 0.1) is 0 Å². The van der Waals surface area contributed by atoms with Crippen molar-refractivity contribution in [1.82, 2.24) is 14.5 Å². The number of hydrogen-bond acceptors (Lipinski definition) is 6. The summed E-state index contributed by atoms with van der Waals surface area (Å²) in [7, 11) is 1.85. The summed E-state index contributed by atoms with van der Waals surface area (Å²) >= 11 is 1.37. The van der Waals surface area contributed by atoms with Crippen LogP contribution in [0.15, 0.2) is 24.3 Å². The number of hydrogen-bond donors (Lipinski definition) is 1. The molecule has 2 saturated heterocycles. The third-order valence-corrected chi connectivity index (χ3v) is 7.18. The summed E-state index contributed by atoms with van der Waals surface area (Å²) in [6, 6.07) is 7.60. The van der Waals surface area contributed by atoms with E-state index >= 15 is 0 Å². The Balaban J connectivity index is 0.00000196. The van der Waals surface area contributed by atoms with E-state index in [1.54, 1.807) is 13.8 Å². The molecule has 0 aliphatic carbocycles. The molecule has 26 heavy (non-hydrogen) atoms. The van der Waals surface area contributed by atoms with Crippen molar-refractivity contribution in [2.45, 2.75) is 35.4 Å². The van der Waals surface area contributed by atoms with Crippen LogP contribution in [0.25, 0.3) is 11.0 Å². The van der Waals surface area contributed by atoms with Crippen LogP contribution in [-0.2, 0) is 16.6 Å². The molecule has 2 fully saturated rings. The number of carboxylic acids is 1. The normalized spacial score (nSPS) is 29.2. The largest absolute Gasteiger partial charge is 1.00 e. The molecule has 0 unspecified atom stereocenters. The van der Waals surface area contributed by atoms with Gasteiger partial charge in [-0.25, -0.2) is 4.98 Å². The Kier molecular flexibility index (Phi) is 5.14. The van der Waals surface area contributed by atoms with Crippen LogP contribution < -0.4 is 56.5 Å². The Bertz CT molecular complexity index is 915. The predicted molar refractivity (Wildman–Crippen MR) is 90.6 cm³/mol. The third-order valence-electron chi connectivity index (χ3n) is 5.53. The maximum atomic E-state index is 12.9. The number of benzene rings is 1. The van der Waals surface area contributed by atoms with Crippen LogP contribution in [0.1, 0.15) is 25.6 Å². The van der Waals surface area contributed by atoms with Crippen LogP contribution in [0.5, 0.6) is 0 Å². The molecule has 132 valence electrons. The Morgan fingerprint density at radius 2 is 2.04 bits per heavy atom. The van der Waals surface area contributed by atoms with Crippen molar-refractivity contribution in [2.75, 3.05) is 6.61 Å². The van der Waals surface area contributed by atoms with Gasteiger partial charge in [-0.2, -0.15) is 0 Å². The zero-order chi connectivity index (χ0) is 18.1. The van der Waals surface area contributed by atoms with E-state index < -0.39 is 28.8 Å². The molecule has 0 saturated carbocycles. The van der Waals surface area contributed by atoms with Gasteiger partial charge < -0.3 is 24.5 Å². The molecule has 1 aromatic carbocycles. The summed E-state index contributed by atoms with van der Waals surface area (Å²) in [5.41, 5.74) is -0.0123. The van der Waals surface area contributed by atoms with Gasteiger partial charge in [-0.05, 0) is 26.0 Å². The predicted octanol–water partition coefficient (Wildman–Crippen LogP) is -3.16. The Morgan fingerprint density at radius 1 is 1.38 bits per heavy atom. The molecule has 0 bridgehead atoms. The number of rotatable bonds is 3. The van der Waals surface area contributed by atoms with Gasteiger partial charge >= 0.3 is 51.4 Å². The smallest absolute Gasteiger partial charge is 0.547 e. The summed E-state index contributed by atoms with van der Waals surface area (Å²) in [4.78, 5) is 30.6. The van der Waals surface area contributed by atoms with E-state index in [2.05, 4.69) is 4.98 Å². The molecule has 0 radical (unpaired) electrons. The van der Waals surface area contributed by atoms with Gasteiger partial charge in [0.25, 0.3) is 0 Å². The Labute approximate surface area is 197 Å². The van der Waals surface area contributed by atoms with E-state index in [1.165, 1.54) is 16.7 Å². The topological polar surface area (TPSA) is 98.5 Å². The minimum atomic E-state index is -1.72. The number of aliphatic carboxylic acids is 1. The summed E-state index contributed by atoms with van der Waals surface area (Å²) in [6.07, 6.45) is 0. The van der Waals surface area contributed by atoms with E-state index in [-0.39, 0.29) is 62.7 Å². The van der Waals surface area contributed by atoms with Gasteiger partial charge in [0.15, 0.2) is 0 Å². The molecule has 0 spiro atoms. The first-order valence-corrected chi connectivity index (χ1v) is 8.89. The molecule has 3 atom stereocenters. The fraction of sp³-hybridized carbons (Fsp3) is 0.471. The van der Waals surface area contributed by atoms with Crippen molar-refractivity contribution < 1.29 is 71.2 Å². The van der Waals surface area contributed by atoms with E-state index in [0.29, 0.717) is 5.82 Å². The minimum absolute atomic E-state index is 0. The number of thioether (sulfide) groups is 1. The molecule has 3 heterocycles. The average molecular weight is 400 g/mol. The van der Waals surface area contributed by atoms with Gasteiger partial charge in [0.05, 0.1) is 29.0 Å². The maximum absolute atomic E-state index is 12.9. The standard InChI is InChI=1S/C17H19N3O4S.K/c1-16(2)17(8-21,15(23)24)20-13(22)11(14(20)25-16)12-18-9-6-4-5-7-10(9)19(12)3;/h4-7,11,14,21H,8H2,1-3H3,(H,23,24);/q;+1/p-1/t11-,14-,17+;/m1./s1. The van der Waals surface area contributed by atoms with E-state index in [1.807, 2.05) is 35.9 Å². The number of nitrogens with zero attached hydrogens (tertiary/aromatic N) is 3. The number of imidazole rings is 1. The summed E-state index contributed by atoms with van der Waals surface area (Å²) in [5, 5.41) is 21.3. The van der Waals surface area contributed by atoms with Crippen molar-refractivity contribution in [1.29, 1.82) is 0 Å². The third kappa shape index (κ3) is 2.35. The van der Waals surface area contributed by atoms with E-state index in [9.17, 15) is 19.8 Å². The van der Waals surface area contributed by atoms with Crippen molar-refractivity contribution in [2.24, 2.45) is 7.05 Å². The number of para-hydroxylation sites is 2. The fourth-order valence-corrected chi connectivity index (χ4v) is 5.84. The van der Waals surface area contributed by atoms with E-state index in [4.69, 9.17) is 0 Å². The van der Waals surface area contributed by atoms with Crippen LogP contribution in [0.4, 0.5) is 0 Å². The number of aromatic nitrogens is 2. The van der Waals surface area contributed by atoms with Gasteiger partial charge in [-0.1, -0.05) is 12.1 Å². The first-order chi connectivity index (χ1) is 11.8. The molecular weight excluding hydrogens is 381 g/mol. The summed E-state index contributed by atoms with van der Waals surface area (Å²) < 4.78 is 1.00. The molecule has 9 heteroatoms. The van der Waals surface area contributed by atoms with Crippen LogP contribution in [0.3, 0.4) is 0 Å². The number of fused-ring (bicyclic) bond motifs is 2. The first kappa shape index (κ1) is 20.3. The van der Waals surface area contributed by atoms with Crippen molar-refractivity contribution >= 4 is 34.7 Å². The Morgan fingerprint density at radius 3 is 2.62 bits per heavy atom. The molecule has 2 aliphatic rings. The molecular formula is C17H18KN3O4S. The number of aryl methyl sites for hydroxylation is 1. The van der Waals surface area contributed by atoms with Crippen LogP contribution in [-0.4, -0.2) is 53.7 Å². The average Bonchev–Trinajstić information content (AvgIpc) is 2.98. The van der Waals surface area contributed by atoms with Crippen molar-refractivity contribution in [3.8, 4) is 0 Å². The number of carbonyl (C=O) groups excluding carboxylic acids is 2. The second-order valence-electron chi connectivity index (χ2n) is 7.03. The molecule has 2 aromatic rings.